The Kier molecular flexibility index (Phi) is 21.9. The Balaban J connectivity index is 0.808. The van der Waals surface area contributed by atoms with Crippen molar-refractivity contribution in [2.24, 2.45) is 0 Å². The van der Waals surface area contributed by atoms with Crippen LogP contribution < -0.4 is 78.6 Å². The van der Waals surface area contributed by atoms with Crippen LogP contribution in [0.4, 0.5) is 102 Å². The highest BCUT2D eigenvalue weighted by atomic mass is 15.2. The third-order valence-corrected chi connectivity index (χ3v) is 31.6. The van der Waals surface area contributed by atoms with E-state index in [-0.39, 0.29) is 68.9 Å². The highest BCUT2D eigenvalue weighted by molar-refractivity contribution is 7.02. The fourth-order valence-electron chi connectivity index (χ4n) is 23.3. The molecule has 7 heterocycles. The van der Waals surface area contributed by atoms with Crippen molar-refractivity contribution >= 4 is 172 Å². The molecule has 16 aromatic rings. The Morgan fingerprint density at radius 2 is 0.326 bits per heavy atom. The highest BCUT2D eigenvalue weighted by Gasteiger charge is 2.50. The maximum Gasteiger partial charge on any atom is 0.252 e. The van der Waals surface area contributed by atoms with Crippen LogP contribution in [-0.4, -0.2) is 35.1 Å². The summed E-state index contributed by atoms with van der Waals surface area (Å²) in [4.78, 5) is 33.6. The molecule has 0 saturated carbocycles. The van der Waals surface area contributed by atoms with E-state index in [1.54, 1.807) is 0 Å². The van der Waals surface area contributed by atoms with Gasteiger partial charge in [-0.15, -0.1) is 0 Å². The number of hydrogen-bond acceptors (Lipinski definition) is 9. The van der Waals surface area contributed by atoms with Crippen molar-refractivity contribution in [1.29, 1.82) is 0 Å². The summed E-state index contributed by atoms with van der Waals surface area (Å²) in [7, 11) is 0. The van der Waals surface area contributed by atoms with Gasteiger partial charge in [-0.1, -0.05) is 333 Å². The maximum atomic E-state index is 6.07. The first-order valence-electron chi connectivity index (χ1n) is 52.3. The number of benzene rings is 15. The minimum atomic E-state index is -0.170. The van der Waals surface area contributed by atoms with Crippen molar-refractivity contribution in [3.63, 3.8) is 0 Å². The monoisotopic (exact) mass is 1880 g/mol. The maximum absolute atomic E-state index is 6.07. The molecule has 22 rings (SSSR count). The molecule has 144 heavy (non-hydrogen) atoms. The molecule has 0 spiro atoms. The second kappa shape index (κ2) is 33.2. The summed E-state index contributed by atoms with van der Waals surface area (Å²) in [5.41, 5.74) is 48.4. The summed E-state index contributed by atoms with van der Waals surface area (Å²) in [6, 6.07) is 114. The van der Waals surface area contributed by atoms with Crippen LogP contribution in [0.5, 0.6) is 0 Å². The minimum Gasteiger partial charge on any atom is -0.311 e. The Labute approximate surface area is 858 Å². The molecule has 0 radical (unpaired) electrons. The van der Waals surface area contributed by atoms with Gasteiger partial charge in [0, 0.05) is 119 Å². The Hall–Kier alpha value is -13.7. The van der Waals surface area contributed by atoms with Gasteiger partial charge in [-0.05, 0) is 331 Å². The molecule has 0 N–H and O–H groups in total. The molecule has 6 aliphatic heterocycles. The second-order valence-corrected chi connectivity index (χ2v) is 51.4. The highest BCUT2D eigenvalue weighted by Crippen LogP contribution is 2.53. The van der Waals surface area contributed by atoms with Crippen molar-refractivity contribution in [2.45, 2.75) is 256 Å². The van der Waals surface area contributed by atoms with Crippen LogP contribution in [-0.2, 0) is 48.7 Å². The van der Waals surface area contributed by atoms with Gasteiger partial charge in [0.05, 0.1) is 0 Å². The third kappa shape index (κ3) is 16.2. The number of anilines is 18. The van der Waals surface area contributed by atoms with Gasteiger partial charge in [-0.2, -0.15) is 0 Å². The van der Waals surface area contributed by atoms with Crippen molar-refractivity contribution in [3.8, 4) is 34.2 Å². The molecule has 0 atom stereocenters. The van der Waals surface area contributed by atoms with E-state index in [9.17, 15) is 0 Å². The number of aromatic nitrogens is 3. The van der Waals surface area contributed by atoms with Crippen LogP contribution >= 0.6 is 0 Å². The van der Waals surface area contributed by atoms with Crippen molar-refractivity contribution in [3.05, 3.63) is 358 Å². The number of nitrogens with zero attached hydrogens (tertiary/aromatic N) is 9. The van der Waals surface area contributed by atoms with Crippen molar-refractivity contribution in [1.82, 2.24) is 15.0 Å². The molecule has 720 valence electrons. The van der Waals surface area contributed by atoms with E-state index >= 15 is 0 Å². The standard InChI is InChI=1S/C132H138B3N9/c1-79-67-112-118-115(70-79)142(97-55-40-88(41-56-97)127(13,14)15)109-73-82(31-61-100(109)133(118)103-76-91(130(22,23)24)46-64-106(103)139(112)94-49-34-85(35-50-94)124(4,5)6)121-136-122(83-32-62-101-110(74-83)143(98-57-42-89(43-58-98)128(16,17)18)116-71-80(2)68-113-119(116)134(101)104-77-92(131(25,26)27)47-65-107(104)140(113)95-51-36-86(37-52-95)125(7,8)9)138-123(137-121)84-33-63-102-111(75-84)144(99-59-44-90(45-60-99)129(19,20)21)117-72-81(3)69-114-120(117)135(102)105-78-93(132(28,29)30)48-66-108(105)141(114)96-53-38-87(39-54-96)126(10,11)12/h31-78H,1-30H3. The lowest BCUT2D eigenvalue weighted by atomic mass is 9.33. The number of hydrogen-bond donors (Lipinski definition) is 0. The first kappa shape index (κ1) is 95.2. The summed E-state index contributed by atoms with van der Waals surface area (Å²) in [5, 5.41) is 0. The van der Waals surface area contributed by atoms with Gasteiger partial charge in [0.1, 0.15) is 0 Å². The molecule has 0 aliphatic carbocycles. The van der Waals surface area contributed by atoms with E-state index < -0.39 is 0 Å². The first-order chi connectivity index (χ1) is 67.8. The predicted octanol–water partition coefficient (Wildman–Crippen LogP) is 29.7. The number of fused-ring (bicyclic) bond motifs is 12. The fourth-order valence-corrected chi connectivity index (χ4v) is 23.3. The molecular formula is C132H138B3N9. The molecule has 6 aliphatic rings. The molecule has 0 saturated heterocycles. The lowest BCUT2D eigenvalue weighted by Crippen LogP contribution is -2.61. The van der Waals surface area contributed by atoms with Crippen LogP contribution in [0.25, 0.3) is 34.2 Å². The predicted molar refractivity (Wildman–Crippen MR) is 621 cm³/mol. The van der Waals surface area contributed by atoms with Gasteiger partial charge in [0.15, 0.2) is 17.5 Å². The summed E-state index contributed by atoms with van der Waals surface area (Å²) in [6.07, 6.45) is 0. The SMILES string of the molecule is Cc1cc2c3c(c1)N(c1ccc(C(C)(C)C)cc1)c1cc(-c4nc(-c5ccc6c(c5)N(c5ccc(C(C)(C)C)cc5)c5cc(C)cc7c5B6c5cc(C(C)(C)C)ccc5N7c5ccc(C(C)(C)C)cc5)nc(-c5ccc6c(c5)N(c5ccc(C(C)(C)C)cc5)c5cc(C)cc7c5B6c5cc(C(C)(C)C)ccc5N7c5ccc(C(C)(C)C)cc5)n4)ccc1B3c1cc(C(C)(C)C)ccc1N2c1ccc(C(C)(C)C)cc1. The Morgan fingerprint density at radius 3 is 0.500 bits per heavy atom. The molecule has 0 fully saturated rings. The van der Waals surface area contributed by atoms with Crippen molar-refractivity contribution in [2.75, 3.05) is 29.4 Å². The Bertz CT molecular complexity index is 7150. The van der Waals surface area contributed by atoms with Gasteiger partial charge in [0.2, 0.25) is 0 Å². The zero-order chi connectivity index (χ0) is 102. The fraction of sp³-hybridized carbons (Fsp3) is 0.295. The second-order valence-electron chi connectivity index (χ2n) is 51.4. The minimum absolute atomic E-state index is 0.0271. The smallest absolute Gasteiger partial charge is 0.252 e. The average Bonchev–Trinajstić information content (AvgIpc) is 0.700. The summed E-state index contributed by atoms with van der Waals surface area (Å²) in [5.74, 6) is 1.69. The van der Waals surface area contributed by atoms with E-state index in [0.717, 1.165) is 84.9 Å². The van der Waals surface area contributed by atoms with Crippen LogP contribution in [0.2, 0.25) is 0 Å². The molecule has 1 aromatic heterocycles. The average molecular weight is 1880 g/mol. The van der Waals surface area contributed by atoms with E-state index in [2.05, 4.69) is 528 Å². The van der Waals surface area contributed by atoms with Gasteiger partial charge >= 0.3 is 0 Å². The van der Waals surface area contributed by atoms with Crippen LogP contribution in [0.3, 0.4) is 0 Å². The number of aryl methyl sites for hydroxylation is 3. The summed E-state index contributed by atoms with van der Waals surface area (Å²) < 4.78 is 0. The first-order valence-corrected chi connectivity index (χ1v) is 52.3. The van der Waals surface area contributed by atoms with Crippen molar-refractivity contribution < 1.29 is 0 Å². The van der Waals surface area contributed by atoms with Gasteiger partial charge in [-0.25, -0.2) is 15.0 Å². The Morgan fingerprint density at radius 1 is 0.160 bits per heavy atom. The van der Waals surface area contributed by atoms with Gasteiger partial charge < -0.3 is 29.4 Å². The number of rotatable bonds is 9. The van der Waals surface area contributed by atoms with E-state index in [0.29, 0.717) is 17.5 Å². The largest absolute Gasteiger partial charge is 0.311 e. The third-order valence-electron chi connectivity index (χ3n) is 31.6. The lowest BCUT2D eigenvalue weighted by molar-refractivity contribution is 0.590. The van der Waals surface area contributed by atoms with Gasteiger partial charge in [0.25, 0.3) is 20.1 Å². The molecule has 0 bridgehead atoms. The quantitative estimate of drug-likeness (QED) is 0.132. The molecule has 0 unspecified atom stereocenters. The lowest BCUT2D eigenvalue weighted by Gasteiger charge is -2.45. The molecule has 12 heteroatoms. The molecule has 0 amide bonds. The van der Waals surface area contributed by atoms with E-state index in [1.165, 1.54) is 150 Å². The van der Waals surface area contributed by atoms with Crippen LogP contribution in [0.1, 0.15) is 254 Å². The zero-order valence-electron chi connectivity index (χ0n) is 90.5. The molecule has 15 aromatic carbocycles. The van der Waals surface area contributed by atoms with Gasteiger partial charge in [-0.3, -0.25) is 0 Å². The molecular weight excluding hydrogens is 1740 g/mol. The van der Waals surface area contributed by atoms with E-state index in [4.69, 9.17) is 15.0 Å². The molecule has 9 nitrogen and oxygen atoms in total. The van der Waals surface area contributed by atoms with Crippen LogP contribution in [0.15, 0.2) is 291 Å². The summed E-state index contributed by atoms with van der Waals surface area (Å²) >= 11 is 0. The normalized spacial score (nSPS) is 14.3. The summed E-state index contributed by atoms with van der Waals surface area (Å²) in [6.45, 7) is 69.1. The topological polar surface area (TPSA) is 58.1 Å². The van der Waals surface area contributed by atoms with Crippen LogP contribution in [0, 0.1) is 20.8 Å². The zero-order valence-corrected chi connectivity index (χ0v) is 90.5. The van der Waals surface area contributed by atoms with E-state index in [1.807, 2.05) is 0 Å².